The van der Waals surface area contributed by atoms with E-state index in [0.29, 0.717) is 23.6 Å². The molecule has 1 aliphatic rings. The number of rotatable bonds is 0. The lowest BCUT2D eigenvalue weighted by molar-refractivity contribution is -0.118. The van der Waals surface area contributed by atoms with Gasteiger partial charge in [0.05, 0.1) is 5.02 Å². The Morgan fingerprint density at radius 1 is 1.23 bits per heavy atom. The first-order valence-corrected chi connectivity index (χ1v) is 5.32. The molecule has 0 aliphatic heterocycles. The van der Waals surface area contributed by atoms with Crippen LogP contribution in [0.3, 0.4) is 0 Å². The van der Waals surface area contributed by atoms with Crippen molar-refractivity contribution < 1.29 is 4.79 Å². The molecule has 1 aromatic rings. The number of hydrogen-bond donors (Lipinski definition) is 0. The Morgan fingerprint density at radius 3 is 2.77 bits per heavy atom. The second kappa shape index (κ2) is 3.43. The van der Waals surface area contributed by atoms with Gasteiger partial charge in [-0.15, -0.1) is 0 Å². The second-order valence-electron chi connectivity index (χ2n) is 3.25. The SMILES string of the molecule is O=C1CCc2cc(Br)c(Cl)cc2C1. The number of fused-ring (bicyclic) bond motifs is 1. The summed E-state index contributed by atoms with van der Waals surface area (Å²) in [5.74, 6) is 0.311. The van der Waals surface area contributed by atoms with Gasteiger partial charge in [-0.05, 0) is 45.6 Å². The number of ketones is 1. The van der Waals surface area contributed by atoms with Gasteiger partial charge in [-0.2, -0.15) is 0 Å². The third-order valence-electron chi connectivity index (χ3n) is 2.30. The summed E-state index contributed by atoms with van der Waals surface area (Å²) in [5, 5.41) is 0.688. The van der Waals surface area contributed by atoms with Gasteiger partial charge in [0.2, 0.25) is 0 Å². The molecule has 0 amide bonds. The predicted octanol–water partition coefficient (Wildman–Crippen LogP) is 3.16. The molecule has 3 heteroatoms. The largest absolute Gasteiger partial charge is 0.299 e. The van der Waals surface area contributed by atoms with Crippen LogP contribution in [0.4, 0.5) is 0 Å². The lowest BCUT2D eigenvalue weighted by atomic mass is 9.91. The molecule has 0 bridgehead atoms. The van der Waals surface area contributed by atoms with Gasteiger partial charge in [0, 0.05) is 17.3 Å². The van der Waals surface area contributed by atoms with Gasteiger partial charge in [0.25, 0.3) is 0 Å². The molecule has 0 fully saturated rings. The summed E-state index contributed by atoms with van der Waals surface area (Å²) >= 11 is 9.31. The first-order chi connectivity index (χ1) is 6.16. The lowest BCUT2D eigenvalue weighted by Gasteiger charge is -2.15. The summed E-state index contributed by atoms with van der Waals surface area (Å²) in [6, 6.07) is 3.90. The minimum Gasteiger partial charge on any atom is -0.299 e. The van der Waals surface area contributed by atoms with Crippen LogP contribution in [0.15, 0.2) is 16.6 Å². The summed E-state index contributed by atoms with van der Waals surface area (Å²) in [5.41, 5.74) is 2.33. The first-order valence-electron chi connectivity index (χ1n) is 4.15. The van der Waals surface area contributed by atoms with Crippen molar-refractivity contribution in [2.75, 3.05) is 0 Å². The topological polar surface area (TPSA) is 17.1 Å². The van der Waals surface area contributed by atoms with Crippen LogP contribution >= 0.6 is 27.5 Å². The third-order valence-corrected chi connectivity index (χ3v) is 3.50. The maximum Gasteiger partial charge on any atom is 0.137 e. The second-order valence-corrected chi connectivity index (χ2v) is 4.51. The van der Waals surface area contributed by atoms with Crippen molar-refractivity contribution in [2.24, 2.45) is 0 Å². The number of carbonyl (C=O) groups excluding carboxylic acids is 1. The zero-order valence-electron chi connectivity index (χ0n) is 6.94. The number of benzene rings is 1. The fraction of sp³-hybridized carbons (Fsp3) is 0.300. The average Bonchev–Trinajstić information content (AvgIpc) is 2.08. The van der Waals surface area contributed by atoms with Crippen LogP contribution in [0.1, 0.15) is 17.5 Å². The molecule has 13 heavy (non-hydrogen) atoms. The van der Waals surface area contributed by atoms with Crippen LogP contribution in [0, 0.1) is 0 Å². The van der Waals surface area contributed by atoms with Crippen molar-refractivity contribution >= 4 is 33.3 Å². The molecule has 2 rings (SSSR count). The summed E-state index contributed by atoms with van der Waals surface area (Å²) in [6.07, 6.45) is 2.06. The van der Waals surface area contributed by atoms with E-state index in [4.69, 9.17) is 11.6 Å². The van der Waals surface area contributed by atoms with Gasteiger partial charge in [-0.25, -0.2) is 0 Å². The van der Waals surface area contributed by atoms with E-state index in [9.17, 15) is 4.79 Å². The molecule has 1 aromatic carbocycles. The van der Waals surface area contributed by atoms with Gasteiger partial charge in [0.15, 0.2) is 0 Å². The minimum atomic E-state index is 0.311. The standard InChI is InChI=1S/C10H8BrClO/c11-9-4-6-1-2-8(13)3-7(6)5-10(9)12/h4-5H,1-3H2. The average molecular weight is 260 g/mol. The van der Waals surface area contributed by atoms with E-state index in [1.807, 2.05) is 12.1 Å². The quantitative estimate of drug-likeness (QED) is 0.699. The fourth-order valence-corrected chi connectivity index (χ4v) is 2.18. The van der Waals surface area contributed by atoms with E-state index in [-0.39, 0.29) is 0 Å². The molecule has 0 atom stereocenters. The van der Waals surface area contributed by atoms with Crippen LogP contribution in [-0.2, 0) is 17.6 Å². The van der Waals surface area contributed by atoms with Crippen LogP contribution in [0.25, 0.3) is 0 Å². The molecule has 0 radical (unpaired) electrons. The smallest absolute Gasteiger partial charge is 0.137 e. The van der Waals surface area contributed by atoms with Gasteiger partial charge >= 0.3 is 0 Å². The summed E-state index contributed by atoms with van der Waals surface area (Å²) in [4.78, 5) is 11.2. The molecule has 0 spiro atoms. The van der Waals surface area contributed by atoms with E-state index in [2.05, 4.69) is 15.9 Å². The monoisotopic (exact) mass is 258 g/mol. The lowest BCUT2D eigenvalue weighted by Crippen LogP contribution is -2.13. The van der Waals surface area contributed by atoms with Crippen molar-refractivity contribution in [3.8, 4) is 0 Å². The summed E-state index contributed by atoms with van der Waals surface area (Å²) < 4.78 is 0.919. The predicted molar refractivity (Wildman–Crippen MR) is 56.2 cm³/mol. The zero-order chi connectivity index (χ0) is 9.42. The molecule has 0 N–H and O–H groups in total. The molecule has 0 saturated carbocycles. The van der Waals surface area contributed by atoms with E-state index in [0.717, 1.165) is 16.5 Å². The Kier molecular flexibility index (Phi) is 2.43. The van der Waals surface area contributed by atoms with Crippen LogP contribution in [-0.4, -0.2) is 5.78 Å². The van der Waals surface area contributed by atoms with Gasteiger partial charge in [0.1, 0.15) is 5.78 Å². The maximum absolute atomic E-state index is 11.2. The molecule has 0 unspecified atom stereocenters. The number of aryl methyl sites for hydroxylation is 1. The van der Waals surface area contributed by atoms with Gasteiger partial charge < -0.3 is 0 Å². The molecule has 0 saturated heterocycles. The van der Waals surface area contributed by atoms with Crippen molar-refractivity contribution in [1.29, 1.82) is 0 Å². The van der Waals surface area contributed by atoms with Gasteiger partial charge in [-0.1, -0.05) is 11.6 Å². The minimum absolute atomic E-state index is 0.311. The maximum atomic E-state index is 11.2. The van der Waals surface area contributed by atoms with Crippen molar-refractivity contribution in [1.82, 2.24) is 0 Å². The molecular formula is C10H8BrClO. The highest BCUT2D eigenvalue weighted by atomic mass is 79.9. The van der Waals surface area contributed by atoms with Gasteiger partial charge in [-0.3, -0.25) is 4.79 Å². The number of halogens is 2. The van der Waals surface area contributed by atoms with Crippen LogP contribution < -0.4 is 0 Å². The number of Topliss-reactive ketones (excluding diaryl/α,β-unsaturated/α-hetero) is 1. The van der Waals surface area contributed by atoms with Crippen LogP contribution in [0.2, 0.25) is 5.02 Å². The highest BCUT2D eigenvalue weighted by Gasteiger charge is 2.16. The Morgan fingerprint density at radius 2 is 2.00 bits per heavy atom. The summed E-state index contributed by atoms with van der Waals surface area (Å²) in [6.45, 7) is 0. The zero-order valence-corrected chi connectivity index (χ0v) is 9.28. The Bertz CT molecular complexity index is 373. The molecule has 1 nitrogen and oxygen atoms in total. The first kappa shape index (κ1) is 9.22. The number of carbonyl (C=O) groups is 1. The number of hydrogen-bond acceptors (Lipinski definition) is 1. The van der Waals surface area contributed by atoms with E-state index >= 15 is 0 Å². The molecule has 0 aromatic heterocycles. The van der Waals surface area contributed by atoms with E-state index in [1.165, 1.54) is 5.56 Å². The van der Waals surface area contributed by atoms with E-state index in [1.54, 1.807) is 0 Å². The Balaban J connectivity index is 2.49. The van der Waals surface area contributed by atoms with Crippen LogP contribution in [0.5, 0.6) is 0 Å². The fourth-order valence-electron chi connectivity index (χ4n) is 1.60. The normalized spacial score (nSPS) is 15.7. The van der Waals surface area contributed by atoms with Crippen molar-refractivity contribution in [2.45, 2.75) is 19.3 Å². The molecule has 68 valence electrons. The molecule has 1 aliphatic carbocycles. The molecular weight excluding hydrogens is 251 g/mol. The highest BCUT2D eigenvalue weighted by Crippen LogP contribution is 2.29. The van der Waals surface area contributed by atoms with Crippen molar-refractivity contribution in [3.05, 3.63) is 32.8 Å². The van der Waals surface area contributed by atoms with E-state index < -0.39 is 0 Å². The Hall–Kier alpha value is -0.340. The summed E-state index contributed by atoms with van der Waals surface area (Å²) in [7, 11) is 0. The third kappa shape index (κ3) is 1.79. The Labute approximate surface area is 90.2 Å². The highest BCUT2D eigenvalue weighted by molar-refractivity contribution is 9.10. The molecule has 0 heterocycles. The van der Waals surface area contributed by atoms with Crippen molar-refractivity contribution in [3.63, 3.8) is 0 Å².